The van der Waals surface area contributed by atoms with Gasteiger partial charge in [-0.3, -0.25) is 4.79 Å². The lowest BCUT2D eigenvalue weighted by Crippen LogP contribution is -2.05. The van der Waals surface area contributed by atoms with Crippen LogP contribution in [-0.4, -0.2) is 4.98 Å². The molecule has 1 N–H and O–H groups in total. The number of pyridine rings is 1. The highest BCUT2D eigenvalue weighted by molar-refractivity contribution is 6.44. The lowest BCUT2D eigenvalue weighted by Gasteiger charge is -2.09. The van der Waals surface area contributed by atoms with Crippen molar-refractivity contribution in [3.05, 3.63) is 55.4 Å². The van der Waals surface area contributed by atoms with Crippen LogP contribution in [0.15, 0.2) is 29.1 Å². The van der Waals surface area contributed by atoms with Crippen LogP contribution in [0.4, 0.5) is 0 Å². The predicted molar refractivity (Wildman–Crippen MR) is 72.3 cm³/mol. The Balaban J connectivity index is 2.68. The standard InChI is InChI=1S/C12H8Cl3NO/c1-6-7(2-3-12(17)16-6)8-4-10(14)11(15)5-9(8)13/h2-5H,1H3,(H,16,17). The number of H-pyrrole nitrogens is 1. The molecule has 0 radical (unpaired) electrons. The first-order valence-electron chi connectivity index (χ1n) is 4.84. The number of hydrogen-bond donors (Lipinski definition) is 1. The van der Waals surface area contributed by atoms with Crippen LogP contribution in [0.1, 0.15) is 5.69 Å². The van der Waals surface area contributed by atoms with Gasteiger partial charge in [-0.15, -0.1) is 0 Å². The van der Waals surface area contributed by atoms with Crippen molar-refractivity contribution in [2.24, 2.45) is 0 Å². The molecule has 1 aromatic carbocycles. The van der Waals surface area contributed by atoms with E-state index in [4.69, 9.17) is 34.8 Å². The Morgan fingerprint density at radius 1 is 0.941 bits per heavy atom. The van der Waals surface area contributed by atoms with Gasteiger partial charge in [0.2, 0.25) is 5.56 Å². The second kappa shape index (κ2) is 4.73. The maximum atomic E-state index is 11.1. The average molecular weight is 289 g/mol. The fraction of sp³-hybridized carbons (Fsp3) is 0.0833. The third kappa shape index (κ3) is 2.49. The smallest absolute Gasteiger partial charge is 0.248 e. The van der Waals surface area contributed by atoms with Crippen molar-refractivity contribution in [3.8, 4) is 11.1 Å². The van der Waals surface area contributed by atoms with Crippen molar-refractivity contribution in [1.82, 2.24) is 4.98 Å². The van der Waals surface area contributed by atoms with Crippen LogP contribution in [0.5, 0.6) is 0 Å². The molecular formula is C12H8Cl3NO. The molecule has 0 amide bonds. The molecule has 17 heavy (non-hydrogen) atoms. The van der Waals surface area contributed by atoms with Gasteiger partial charge in [-0.05, 0) is 25.1 Å². The number of aromatic nitrogens is 1. The fourth-order valence-electron chi connectivity index (χ4n) is 1.60. The lowest BCUT2D eigenvalue weighted by molar-refractivity contribution is 1.15. The summed E-state index contributed by atoms with van der Waals surface area (Å²) in [4.78, 5) is 13.9. The Hall–Kier alpha value is -0.960. The molecule has 0 unspecified atom stereocenters. The van der Waals surface area contributed by atoms with Crippen LogP contribution in [0.25, 0.3) is 11.1 Å². The second-order valence-electron chi connectivity index (χ2n) is 3.61. The van der Waals surface area contributed by atoms with Crippen molar-refractivity contribution < 1.29 is 0 Å². The molecule has 0 saturated carbocycles. The molecule has 88 valence electrons. The van der Waals surface area contributed by atoms with E-state index in [1.54, 1.807) is 25.1 Å². The zero-order valence-electron chi connectivity index (χ0n) is 8.85. The van der Waals surface area contributed by atoms with Gasteiger partial charge in [-0.25, -0.2) is 0 Å². The zero-order valence-corrected chi connectivity index (χ0v) is 11.1. The highest BCUT2D eigenvalue weighted by Crippen LogP contribution is 2.35. The predicted octanol–water partition coefficient (Wildman–Crippen LogP) is 4.31. The molecule has 0 atom stereocenters. The molecule has 0 fully saturated rings. The van der Waals surface area contributed by atoms with E-state index in [0.29, 0.717) is 15.1 Å². The Kier molecular flexibility index (Phi) is 3.48. The maximum Gasteiger partial charge on any atom is 0.248 e. The van der Waals surface area contributed by atoms with Crippen LogP contribution < -0.4 is 5.56 Å². The molecule has 0 bridgehead atoms. The van der Waals surface area contributed by atoms with E-state index in [9.17, 15) is 4.79 Å². The van der Waals surface area contributed by atoms with Gasteiger partial charge in [0.15, 0.2) is 0 Å². The van der Waals surface area contributed by atoms with Gasteiger partial charge in [-0.2, -0.15) is 0 Å². The van der Waals surface area contributed by atoms with Crippen LogP contribution in [0, 0.1) is 6.92 Å². The number of aromatic amines is 1. The minimum absolute atomic E-state index is 0.151. The molecule has 0 aliphatic carbocycles. The van der Waals surface area contributed by atoms with Crippen molar-refractivity contribution >= 4 is 34.8 Å². The summed E-state index contributed by atoms with van der Waals surface area (Å²) < 4.78 is 0. The van der Waals surface area contributed by atoms with Gasteiger partial charge in [0, 0.05) is 22.9 Å². The summed E-state index contributed by atoms with van der Waals surface area (Å²) in [5.74, 6) is 0. The van der Waals surface area contributed by atoms with Crippen LogP contribution in [-0.2, 0) is 0 Å². The molecule has 0 saturated heterocycles. The average Bonchev–Trinajstić information content (AvgIpc) is 2.24. The van der Waals surface area contributed by atoms with E-state index in [2.05, 4.69) is 4.98 Å². The van der Waals surface area contributed by atoms with Crippen LogP contribution in [0.3, 0.4) is 0 Å². The van der Waals surface area contributed by atoms with Gasteiger partial charge in [0.05, 0.1) is 15.1 Å². The Morgan fingerprint density at radius 3 is 2.24 bits per heavy atom. The number of halogens is 3. The molecule has 5 heteroatoms. The first-order valence-corrected chi connectivity index (χ1v) is 5.97. The van der Waals surface area contributed by atoms with E-state index in [0.717, 1.165) is 16.8 Å². The number of hydrogen-bond acceptors (Lipinski definition) is 1. The minimum atomic E-state index is -0.151. The third-order valence-electron chi connectivity index (χ3n) is 2.42. The Bertz CT molecular complexity index is 634. The number of benzene rings is 1. The van der Waals surface area contributed by atoms with Crippen molar-refractivity contribution in [3.63, 3.8) is 0 Å². The molecule has 1 aromatic heterocycles. The van der Waals surface area contributed by atoms with Gasteiger partial charge in [0.1, 0.15) is 0 Å². The van der Waals surface area contributed by atoms with Crippen molar-refractivity contribution in [1.29, 1.82) is 0 Å². The molecule has 2 nitrogen and oxygen atoms in total. The maximum absolute atomic E-state index is 11.1. The van der Waals surface area contributed by atoms with Gasteiger partial charge >= 0.3 is 0 Å². The first-order chi connectivity index (χ1) is 7.99. The second-order valence-corrected chi connectivity index (χ2v) is 4.83. The number of nitrogens with one attached hydrogen (secondary N) is 1. The fourth-order valence-corrected chi connectivity index (χ4v) is 2.25. The zero-order chi connectivity index (χ0) is 12.6. The molecule has 1 heterocycles. The normalized spacial score (nSPS) is 10.6. The first kappa shape index (κ1) is 12.5. The van der Waals surface area contributed by atoms with Gasteiger partial charge in [-0.1, -0.05) is 34.8 Å². The molecule has 0 aliphatic heterocycles. The molecule has 2 aromatic rings. The van der Waals surface area contributed by atoms with Crippen LogP contribution in [0.2, 0.25) is 15.1 Å². The summed E-state index contributed by atoms with van der Waals surface area (Å²) in [6.45, 7) is 1.80. The van der Waals surface area contributed by atoms with E-state index in [1.807, 2.05) is 0 Å². The summed E-state index contributed by atoms with van der Waals surface area (Å²) >= 11 is 17.9. The Morgan fingerprint density at radius 2 is 1.59 bits per heavy atom. The molecule has 0 spiro atoms. The quantitative estimate of drug-likeness (QED) is 0.779. The Labute approximate surface area is 113 Å². The van der Waals surface area contributed by atoms with E-state index in [-0.39, 0.29) is 5.56 Å². The van der Waals surface area contributed by atoms with Crippen molar-refractivity contribution in [2.75, 3.05) is 0 Å². The lowest BCUT2D eigenvalue weighted by atomic mass is 10.0. The summed E-state index contributed by atoms with van der Waals surface area (Å²) in [7, 11) is 0. The van der Waals surface area contributed by atoms with Gasteiger partial charge in [0.25, 0.3) is 0 Å². The minimum Gasteiger partial charge on any atom is -0.326 e. The van der Waals surface area contributed by atoms with E-state index >= 15 is 0 Å². The summed E-state index contributed by atoms with van der Waals surface area (Å²) in [5.41, 5.74) is 2.16. The molecule has 2 rings (SSSR count). The molecule has 0 aliphatic rings. The number of aryl methyl sites for hydroxylation is 1. The summed E-state index contributed by atoms with van der Waals surface area (Å²) in [6, 6.07) is 6.43. The highest BCUT2D eigenvalue weighted by atomic mass is 35.5. The topological polar surface area (TPSA) is 32.9 Å². The molecular weight excluding hydrogens is 280 g/mol. The summed E-state index contributed by atoms with van der Waals surface area (Å²) in [5, 5.41) is 1.33. The van der Waals surface area contributed by atoms with Gasteiger partial charge < -0.3 is 4.98 Å². The van der Waals surface area contributed by atoms with E-state index in [1.165, 1.54) is 6.07 Å². The van der Waals surface area contributed by atoms with E-state index < -0.39 is 0 Å². The largest absolute Gasteiger partial charge is 0.326 e. The highest BCUT2D eigenvalue weighted by Gasteiger charge is 2.10. The number of rotatable bonds is 1. The third-order valence-corrected chi connectivity index (χ3v) is 3.45. The van der Waals surface area contributed by atoms with Crippen molar-refractivity contribution in [2.45, 2.75) is 6.92 Å². The summed E-state index contributed by atoms with van der Waals surface area (Å²) in [6.07, 6.45) is 0. The van der Waals surface area contributed by atoms with Crippen LogP contribution >= 0.6 is 34.8 Å². The monoisotopic (exact) mass is 287 g/mol. The SMILES string of the molecule is Cc1[nH]c(=O)ccc1-c1cc(Cl)c(Cl)cc1Cl.